The van der Waals surface area contributed by atoms with Gasteiger partial charge in [0, 0.05) is 19.3 Å². The molecule has 3 heteroatoms. The van der Waals surface area contributed by atoms with E-state index in [0.29, 0.717) is 23.5 Å². The van der Waals surface area contributed by atoms with Gasteiger partial charge in [-0.05, 0) is 44.1 Å². The second kappa shape index (κ2) is 5.68. The van der Waals surface area contributed by atoms with Gasteiger partial charge in [-0.3, -0.25) is 0 Å². The van der Waals surface area contributed by atoms with Crippen molar-refractivity contribution < 1.29 is 9.47 Å². The van der Waals surface area contributed by atoms with Crippen molar-refractivity contribution in [2.75, 3.05) is 26.9 Å². The summed E-state index contributed by atoms with van der Waals surface area (Å²) in [5, 5.41) is 3.44. The molecule has 100 valence electrons. The Kier molecular flexibility index (Phi) is 4.45. The zero-order chi connectivity index (χ0) is 12.3. The average molecular weight is 241 g/mol. The number of rotatable bonds is 4. The first kappa shape index (κ1) is 13.3. The van der Waals surface area contributed by atoms with Gasteiger partial charge in [0.05, 0.1) is 12.7 Å². The Morgan fingerprint density at radius 1 is 1.24 bits per heavy atom. The minimum absolute atomic E-state index is 0.370. The third-order valence-corrected chi connectivity index (χ3v) is 4.48. The minimum atomic E-state index is 0.370. The Morgan fingerprint density at radius 2 is 1.94 bits per heavy atom. The van der Waals surface area contributed by atoms with Crippen LogP contribution in [0, 0.1) is 11.3 Å². The standard InChI is InChI=1S/C14H27NO2/c1-14(2)7-4-12(13(14)15-3)17-10-11-5-8-16-9-6-11/h11-13,15H,4-10H2,1-3H3. The van der Waals surface area contributed by atoms with Gasteiger partial charge in [-0.25, -0.2) is 0 Å². The van der Waals surface area contributed by atoms with Crippen LogP contribution >= 0.6 is 0 Å². The van der Waals surface area contributed by atoms with Gasteiger partial charge in [0.15, 0.2) is 0 Å². The van der Waals surface area contributed by atoms with Crippen molar-refractivity contribution in [2.45, 2.75) is 51.7 Å². The number of hydrogen-bond acceptors (Lipinski definition) is 3. The molecule has 2 fully saturated rings. The SMILES string of the molecule is CNC1C(OCC2CCOCC2)CCC1(C)C. The minimum Gasteiger partial charge on any atom is -0.381 e. The molecule has 1 saturated carbocycles. The van der Waals surface area contributed by atoms with Gasteiger partial charge in [0.1, 0.15) is 0 Å². The summed E-state index contributed by atoms with van der Waals surface area (Å²) in [6, 6.07) is 0.502. The number of ether oxygens (including phenoxy) is 2. The van der Waals surface area contributed by atoms with Gasteiger partial charge in [-0.1, -0.05) is 13.8 Å². The molecule has 0 aromatic carbocycles. The number of likely N-dealkylation sites (N-methyl/N-ethyl adjacent to an activating group) is 1. The Bertz CT molecular complexity index is 236. The molecule has 1 aliphatic carbocycles. The van der Waals surface area contributed by atoms with Crippen LogP contribution in [0.5, 0.6) is 0 Å². The van der Waals surface area contributed by atoms with Crippen molar-refractivity contribution in [1.29, 1.82) is 0 Å². The zero-order valence-electron chi connectivity index (χ0n) is 11.5. The van der Waals surface area contributed by atoms with E-state index in [1.165, 1.54) is 25.7 Å². The lowest BCUT2D eigenvalue weighted by molar-refractivity contribution is -0.0218. The first-order valence-corrected chi connectivity index (χ1v) is 7.00. The molecule has 2 aliphatic rings. The highest BCUT2D eigenvalue weighted by molar-refractivity contribution is 4.96. The van der Waals surface area contributed by atoms with E-state index in [0.717, 1.165) is 19.8 Å². The molecule has 0 amide bonds. The van der Waals surface area contributed by atoms with E-state index < -0.39 is 0 Å². The summed E-state index contributed by atoms with van der Waals surface area (Å²) in [5.74, 6) is 0.713. The van der Waals surface area contributed by atoms with E-state index in [4.69, 9.17) is 9.47 Å². The van der Waals surface area contributed by atoms with Crippen LogP contribution < -0.4 is 5.32 Å². The zero-order valence-corrected chi connectivity index (χ0v) is 11.5. The maximum atomic E-state index is 6.16. The largest absolute Gasteiger partial charge is 0.381 e. The quantitative estimate of drug-likeness (QED) is 0.818. The fourth-order valence-corrected chi connectivity index (χ4v) is 3.27. The molecule has 1 N–H and O–H groups in total. The summed E-state index contributed by atoms with van der Waals surface area (Å²) in [6.45, 7) is 7.43. The van der Waals surface area contributed by atoms with E-state index in [2.05, 4.69) is 26.2 Å². The lowest BCUT2D eigenvalue weighted by atomic mass is 9.87. The molecule has 1 saturated heterocycles. The van der Waals surface area contributed by atoms with Crippen LogP contribution in [0.1, 0.15) is 39.5 Å². The maximum absolute atomic E-state index is 6.16. The summed E-state index contributed by atoms with van der Waals surface area (Å²) < 4.78 is 11.5. The van der Waals surface area contributed by atoms with Gasteiger partial charge in [-0.15, -0.1) is 0 Å². The van der Waals surface area contributed by atoms with Crippen LogP contribution in [-0.4, -0.2) is 39.0 Å². The van der Waals surface area contributed by atoms with E-state index in [1.807, 2.05) is 0 Å². The highest BCUT2D eigenvalue weighted by atomic mass is 16.5. The molecular weight excluding hydrogens is 214 g/mol. The molecule has 0 radical (unpaired) electrons. The summed E-state index contributed by atoms with van der Waals surface area (Å²) >= 11 is 0. The van der Waals surface area contributed by atoms with Gasteiger partial charge in [-0.2, -0.15) is 0 Å². The highest BCUT2D eigenvalue weighted by Crippen LogP contribution is 2.39. The maximum Gasteiger partial charge on any atom is 0.0733 e. The van der Waals surface area contributed by atoms with E-state index in [9.17, 15) is 0 Å². The Labute approximate surface area is 105 Å². The normalized spacial score (nSPS) is 34.1. The Balaban J connectivity index is 1.78. The molecule has 2 rings (SSSR count). The molecule has 0 bridgehead atoms. The number of nitrogens with one attached hydrogen (secondary N) is 1. The van der Waals surface area contributed by atoms with Crippen LogP contribution in [0.2, 0.25) is 0 Å². The molecular formula is C14H27NO2. The molecule has 0 spiro atoms. The van der Waals surface area contributed by atoms with Gasteiger partial charge in [0.25, 0.3) is 0 Å². The first-order chi connectivity index (χ1) is 8.13. The summed E-state index contributed by atoms with van der Waals surface area (Å²) in [4.78, 5) is 0. The molecule has 3 nitrogen and oxygen atoms in total. The number of hydrogen-bond donors (Lipinski definition) is 1. The van der Waals surface area contributed by atoms with Crippen LogP contribution in [-0.2, 0) is 9.47 Å². The van der Waals surface area contributed by atoms with Gasteiger partial charge >= 0.3 is 0 Å². The van der Waals surface area contributed by atoms with Crippen molar-refractivity contribution in [3.8, 4) is 0 Å². The average Bonchev–Trinajstić information content (AvgIpc) is 2.62. The molecule has 1 aliphatic heterocycles. The van der Waals surface area contributed by atoms with E-state index >= 15 is 0 Å². The van der Waals surface area contributed by atoms with Gasteiger partial charge in [0.2, 0.25) is 0 Å². The molecule has 2 atom stereocenters. The Morgan fingerprint density at radius 3 is 2.59 bits per heavy atom. The molecule has 17 heavy (non-hydrogen) atoms. The molecule has 0 aromatic rings. The third-order valence-electron chi connectivity index (χ3n) is 4.48. The van der Waals surface area contributed by atoms with Crippen molar-refractivity contribution in [3.05, 3.63) is 0 Å². The summed E-state index contributed by atoms with van der Waals surface area (Å²) in [7, 11) is 2.06. The monoisotopic (exact) mass is 241 g/mol. The third kappa shape index (κ3) is 3.21. The predicted octanol–water partition coefficient (Wildman–Crippen LogP) is 2.21. The van der Waals surface area contributed by atoms with Crippen molar-refractivity contribution in [3.63, 3.8) is 0 Å². The van der Waals surface area contributed by atoms with E-state index in [-0.39, 0.29) is 0 Å². The fourth-order valence-electron chi connectivity index (χ4n) is 3.27. The van der Waals surface area contributed by atoms with Crippen molar-refractivity contribution in [1.82, 2.24) is 5.32 Å². The second-order valence-electron chi connectivity index (χ2n) is 6.22. The van der Waals surface area contributed by atoms with Crippen molar-refractivity contribution >= 4 is 0 Å². The predicted molar refractivity (Wildman–Crippen MR) is 69.1 cm³/mol. The lowest BCUT2D eigenvalue weighted by Gasteiger charge is -2.31. The van der Waals surface area contributed by atoms with Crippen LogP contribution in [0.3, 0.4) is 0 Å². The summed E-state index contributed by atoms with van der Waals surface area (Å²) in [5.41, 5.74) is 0.370. The first-order valence-electron chi connectivity index (χ1n) is 7.00. The molecule has 0 aromatic heterocycles. The smallest absolute Gasteiger partial charge is 0.0733 e. The van der Waals surface area contributed by atoms with Crippen LogP contribution in [0.4, 0.5) is 0 Å². The van der Waals surface area contributed by atoms with Crippen LogP contribution in [0.15, 0.2) is 0 Å². The molecule has 1 heterocycles. The topological polar surface area (TPSA) is 30.5 Å². The lowest BCUT2D eigenvalue weighted by Crippen LogP contribution is -2.44. The Hall–Kier alpha value is -0.120. The van der Waals surface area contributed by atoms with Crippen molar-refractivity contribution in [2.24, 2.45) is 11.3 Å². The fraction of sp³-hybridized carbons (Fsp3) is 1.00. The second-order valence-corrected chi connectivity index (χ2v) is 6.22. The summed E-state index contributed by atoms with van der Waals surface area (Å²) in [6.07, 6.45) is 5.19. The highest BCUT2D eigenvalue weighted by Gasteiger charge is 2.41. The van der Waals surface area contributed by atoms with Gasteiger partial charge < -0.3 is 14.8 Å². The van der Waals surface area contributed by atoms with Crippen LogP contribution in [0.25, 0.3) is 0 Å². The van der Waals surface area contributed by atoms with E-state index in [1.54, 1.807) is 0 Å². The molecule has 2 unspecified atom stereocenters.